The van der Waals surface area contributed by atoms with Gasteiger partial charge in [-0.25, -0.2) is 4.79 Å². The van der Waals surface area contributed by atoms with E-state index in [0.717, 1.165) is 0 Å². The fourth-order valence-electron chi connectivity index (χ4n) is 5.36. The molecule has 1 unspecified atom stereocenters. The maximum absolute atomic E-state index is 13.6. The lowest BCUT2D eigenvalue weighted by molar-refractivity contribution is -0.144. The first-order valence-electron chi connectivity index (χ1n) is 11.5. The molecular weight excluding hydrogens is 426 g/mol. The zero-order chi connectivity index (χ0) is 24.7. The van der Waals surface area contributed by atoms with Crippen molar-refractivity contribution in [2.45, 2.75) is 65.6 Å². The minimum absolute atomic E-state index is 0.0330. The van der Waals surface area contributed by atoms with Crippen LogP contribution in [0.1, 0.15) is 47.5 Å². The maximum Gasteiger partial charge on any atom is 0.407 e. The molecular formula is C23H35N5O5. The third-order valence-electron chi connectivity index (χ3n) is 7.48. The number of nitrogens with one attached hydrogen (secondary N) is 3. The molecule has 10 nitrogen and oxygen atoms in total. The van der Waals surface area contributed by atoms with E-state index in [1.54, 1.807) is 4.90 Å². The van der Waals surface area contributed by atoms with Crippen LogP contribution in [0.2, 0.25) is 0 Å². The number of fused-ring (bicyclic) bond motifs is 1. The largest absolute Gasteiger partial charge is 0.453 e. The van der Waals surface area contributed by atoms with Gasteiger partial charge in [-0.15, -0.1) is 0 Å². The number of carbonyl (C=O) groups excluding carboxylic acids is 4. The van der Waals surface area contributed by atoms with Crippen LogP contribution >= 0.6 is 0 Å². The zero-order valence-corrected chi connectivity index (χ0v) is 20.2. The number of methoxy groups -OCH3 is 1. The zero-order valence-electron chi connectivity index (χ0n) is 20.2. The summed E-state index contributed by atoms with van der Waals surface area (Å²) >= 11 is 0. The lowest BCUT2D eigenvalue weighted by atomic mass is 9.85. The molecule has 0 aromatic carbocycles. The number of carbonyl (C=O) groups is 4. The Hall–Kier alpha value is -2.83. The number of piperidine rings is 1. The van der Waals surface area contributed by atoms with Crippen LogP contribution in [0.25, 0.3) is 0 Å². The van der Waals surface area contributed by atoms with Crippen LogP contribution in [0.5, 0.6) is 0 Å². The standard InChI is InChI=1S/C23H35N5O5/c1-22(2,3)17(27-21(32)33-6)20(31)28-11-14-15(23(14,4)5)16(28)19(30)26-13(10-24)9-12-7-8-25-18(12)29/h12-17H,7-9,11H2,1-6H3,(H,25,29)(H,26,30)(H,27,32)/t12-,13-,14-,15-,16-,17?/m0/s1. The summed E-state index contributed by atoms with van der Waals surface area (Å²) in [4.78, 5) is 52.3. The van der Waals surface area contributed by atoms with Crippen LogP contribution < -0.4 is 16.0 Å². The van der Waals surface area contributed by atoms with Gasteiger partial charge in [-0.2, -0.15) is 5.26 Å². The first-order valence-corrected chi connectivity index (χ1v) is 11.5. The molecule has 3 fully saturated rings. The lowest BCUT2D eigenvalue weighted by Gasteiger charge is -2.37. The van der Waals surface area contributed by atoms with E-state index in [0.29, 0.717) is 19.5 Å². The summed E-state index contributed by atoms with van der Waals surface area (Å²) in [6.07, 6.45) is 0.152. The summed E-state index contributed by atoms with van der Waals surface area (Å²) in [5.74, 6) is -1.02. The summed E-state index contributed by atoms with van der Waals surface area (Å²) in [5, 5.41) is 17.7. The highest BCUT2D eigenvalue weighted by Crippen LogP contribution is 2.65. The number of nitriles is 1. The van der Waals surface area contributed by atoms with Gasteiger partial charge in [0.25, 0.3) is 0 Å². The van der Waals surface area contributed by atoms with Crippen molar-refractivity contribution in [2.24, 2.45) is 28.6 Å². The highest BCUT2D eigenvalue weighted by molar-refractivity contribution is 5.93. The molecule has 4 amide bonds. The monoisotopic (exact) mass is 461 g/mol. The average Bonchev–Trinajstić information content (AvgIpc) is 3.11. The molecule has 2 saturated heterocycles. The molecule has 6 atom stereocenters. The Balaban J connectivity index is 1.79. The van der Waals surface area contributed by atoms with Gasteiger partial charge in [-0.3, -0.25) is 14.4 Å². The van der Waals surface area contributed by atoms with Gasteiger partial charge in [0, 0.05) is 19.0 Å². The lowest BCUT2D eigenvalue weighted by Crippen LogP contribution is -2.59. The van der Waals surface area contributed by atoms with E-state index in [9.17, 15) is 24.4 Å². The minimum atomic E-state index is -0.880. The summed E-state index contributed by atoms with van der Waals surface area (Å²) in [6, 6.07) is -0.355. The summed E-state index contributed by atoms with van der Waals surface area (Å²) in [7, 11) is 1.23. The second-order valence-electron chi connectivity index (χ2n) is 11.0. The number of hydrogen-bond acceptors (Lipinski definition) is 6. The average molecular weight is 462 g/mol. The molecule has 0 spiro atoms. The fourth-order valence-corrected chi connectivity index (χ4v) is 5.36. The number of amides is 4. The van der Waals surface area contributed by atoms with Gasteiger partial charge in [0.2, 0.25) is 17.7 Å². The van der Waals surface area contributed by atoms with Crippen molar-refractivity contribution in [2.75, 3.05) is 20.2 Å². The molecule has 1 saturated carbocycles. The van der Waals surface area contributed by atoms with E-state index in [-0.39, 0.29) is 41.4 Å². The fraction of sp³-hybridized carbons (Fsp3) is 0.783. The normalized spacial score (nSPS) is 29.2. The first kappa shape index (κ1) is 24.8. The molecule has 2 aliphatic heterocycles. The predicted molar refractivity (Wildman–Crippen MR) is 118 cm³/mol. The van der Waals surface area contributed by atoms with Gasteiger partial charge < -0.3 is 25.6 Å². The van der Waals surface area contributed by atoms with E-state index >= 15 is 0 Å². The van der Waals surface area contributed by atoms with Gasteiger partial charge in [-0.1, -0.05) is 34.6 Å². The number of ether oxygens (including phenoxy) is 1. The molecule has 33 heavy (non-hydrogen) atoms. The predicted octanol–water partition coefficient (Wildman–Crippen LogP) is 0.775. The van der Waals surface area contributed by atoms with Crippen LogP contribution in [0.15, 0.2) is 0 Å². The smallest absolute Gasteiger partial charge is 0.407 e. The molecule has 3 aliphatic rings. The number of likely N-dealkylation sites (tertiary alicyclic amines) is 1. The molecule has 0 bridgehead atoms. The Kier molecular flexibility index (Phi) is 6.65. The van der Waals surface area contributed by atoms with Crippen molar-refractivity contribution < 1.29 is 23.9 Å². The second-order valence-corrected chi connectivity index (χ2v) is 11.0. The molecule has 182 valence electrons. The van der Waals surface area contributed by atoms with E-state index in [4.69, 9.17) is 4.74 Å². The van der Waals surface area contributed by atoms with Crippen molar-refractivity contribution in [1.82, 2.24) is 20.9 Å². The molecule has 3 rings (SSSR count). The van der Waals surface area contributed by atoms with Crippen LogP contribution in [-0.4, -0.2) is 67.0 Å². The van der Waals surface area contributed by atoms with Crippen LogP contribution in [-0.2, 0) is 19.1 Å². The first-order chi connectivity index (χ1) is 15.3. The topological polar surface area (TPSA) is 141 Å². The van der Waals surface area contributed by atoms with Crippen LogP contribution in [0.4, 0.5) is 4.79 Å². The van der Waals surface area contributed by atoms with Crippen LogP contribution in [0.3, 0.4) is 0 Å². The Morgan fingerprint density at radius 1 is 1.30 bits per heavy atom. The van der Waals surface area contributed by atoms with E-state index in [1.807, 2.05) is 20.8 Å². The third-order valence-corrected chi connectivity index (χ3v) is 7.48. The van der Waals surface area contributed by atoms with Gasteiger partial charge in [0.15, 0.2) is 0 Å². The quantitative estimate of drug-likeness (QED) is 0.534. The number of rotatable bonds is 6. The van der Waals surface area contributed by atoms with E-state index in [1.165, 1.54) is 7.11 Å². The molecule has 2 heterocycles. The van der Waals surface area contributed by atoms with Gasteiger partial charge in [0.05, 0.1) is 13.2 Å². The van der Waals surface area contributed by atoms with Crippen molar-refractivity contribution >= 4 is 23.8 Å². The number of nitrogens with zero attached hydrogens (tertiary/aromatic N) is 2. The summed E-state index contributed by atoms with van der Waals surface area (Å²) < 4.78 is 4.70. The second kappa shape index (κ2) is 8.84. The molecule has 0 radical (unpaired) electrons. The van der Waals surface area contributed by atoms with E-state index in [2.05, 4.69) is 35.9 Å². The Morgan fingerprint density at radius 3 is 2.48 bits per heavy atom. The maximum atomic E-state index is 13.6. The highest BCUT2D eigenvalue weighted by atomic mass is 16.5. The van der Waals surface area contributed by atoms with E-state index < -0.39 is 35.5 Å². The summed E-state index contributed by atoms with van der Waals surface area (Å²) in [5.41, 5.74) is -0.709. The van der Waals surface area contributed by atoms with Gasteiger partial charge in [-0.05, 0) is 35.5 Å². The van der Waals surface area contributed by atoms with Crippen LogP contribution in [0, 0.1) is 39.9 Å². The van der Waals surface area contributed by atoms with Crippen molar-refractivity contribution in [3.05, 3.63) is 0 Å². The van der Waals surface area contributed by atoms with Gasteiger partial charge >= 0.3 is 6.09 Å². The Morgan fingerprint density at radius 2 is 1.97 bits per heavy atom. The van der Waals surface area contributed by atoms with Crippen molar-refractivity contribution in [1.29, 1.82) is 5.26 Å². The molecule has 0 aromatic heterocycles. The molecule has 0 aromatic rings. The van der Waals surface area contributed by atoms with Crippen molar-refractivity contribution in [3.8, 4) is 6.07 Å². The number of hydrogen-bond donors (Lipinski definition) is 3. The number of alkyl carbamates (subject to hydrolysis) is 1. The summed E-state index contributed by atoms with van der Waals surface area (Å²) in [6.45, 7) is 10.6. The third kappa shape index (κ3) is 4.77. The molecule has 3 N–H and O–H groups in total. The SMILES string of the molecule is COC(=O)NC(C(=O)N1C[C@H]2[C@@H]([C@H]1C(=O)N[C@H](C#N)C[C@@H]1CCNC1=O)C2(C)C)C(C)(C)C. The Bertz CT molecular complexity index is 873. The Labute approximate surface area is 194 Å². The van der Waals surface area contributed by atoms with Crippen molar-refractivity contribution in [3.63, 3.8) is 0 Å². The minimum Gasteiger partial charge on any atom is -0.453 e. The molecule has 10 heteroatoms. The van der Waals surface area contributed by atoms with Gasteiger partial charge in [0.1, 0.15) is 18.1 Å². The highest BCUT2D eigenvalue weighted by Gasteiger charge is 2.69. The molecule has 1 aliphatic carbocycles.